The molecule has 0 radical (unpaired) electrons. The molecule has 0 amide bonds. The summed E-state index contributed by atoms with van der Waals surface area (Å²) in [4.78, 5) is 12.3. The van der Waals surface area contributed by atoms with E-state index in [4.69, 9.17) is 0 Å². The molecule has 116 valence electrons. The summed E-state index contributed by atoms with van der Waals surface area (Å²) in [5, 5.41) is 14.2. The fraction of sp³-hybridized carbons (Fsp3) is 0.600. The molecule has 1 aliphatic rings. The number of hydrogen-bond donors (Lipinski definition) is 1. The highest BCUT2D eigenvalue weighted by Gasteiger charge is 2.26. The first-order chi connectivity index (χ1) is 10.0. The zero-order valence-electron chi connectivity index (χ0n) is 12.5. The van der Waals surface area contributed by atoms with Gasteiger partial charge in [-0.15, -0.1) is 0 Å². The van der Waals surface area contributed by atoms with E-state index in [1.165, 1.54) is 12.1 Å². The largest absolute Gasteiger partial charge is 0.311 e. The number of halogens is 1. The van der Waals surface area contributed by atoms with Crippen molar-refractivity contribution in [2.24, 2.45) is 0 Å². The molecule has 0 saturated carbocycles. The van der Waals surface area contributed by atoms with E-state index in [9.17, 15) is 14.5 Å². The molecular weight excluding hydrogens is 273 g/mol. The van der Waals surface area contributed by atoms with Crippen LogP contribution >= 0.6 is 0 Å². The molecule has 1 aromatic carbocycles. The van der Waals surface area contributed by atoms with Crippen molar-refractivity contribution in [2.75, 3.05) is 13.1 Å². The van der Waals surface area contributed by atoms with E-state index in [1.54, 1.807) is 6.07 Å². The number of nitro benzene ring substituents is 1. The summed E-state index contributed by atoms with van der Waals surface area (Å²) < 4.78 is 13.7. The predicted molar refractivity (Wildman–Crippen MR) is 79.6 cm³/mol. The summed E-state index contributed by atoms with van der Waals surface area (Å²) in [6, 6.07) is 5.07. The Bertz CT molecular complexity index is 510. The second-order valence-corrected chi connectivity index (χ2v) is 5.55. The SMILES string of the molecule is CCC1CN(Cc2ccc([N+](=O)[O-])c(F)c2)C(CC)CN1. The first-order valence-corrected chi connectivity index (χ1v) is 7.45. The Labute approximate surface area is 124 Å². The third kappa shape index (κ3) is 3.77. The molecular formula is C15H22FN3O2. The first-order valence-electron chi connectivity index (χ1n) is 7.45. The van der Waals surface area contributed by atoms with Crippen molar-refractivity contribution in [3.8, 4) is 0 Å². The highest BCUT2D eigenvalue weighted by atomic mass is 19.1. The topological polar surface area (TPSA) is 58.4 Å². The Kier molecular flexibility index (Phi) is 5.25. The third-order valence-electron chi connectivity index (χ3n) is 4.17. The van der Waals surface area contributed by atoms with Gasteiger partial charge in [0.2, 0.25) is 5.82 Å². The van der Waals surface area contributed by atoms with E-state index in [-0.39, 0.29) is 0 Å². The molecule has 1 aromatic rings. The second kappa shape index (κ2) is 6.95. The van der Waals surface area contributed by atoms with Crippen LogP contribution in [0.25, 0.3) is 0 Å². The van der Waals surface area contributed by atoms with Gasteiger partial charge in [0, 0.05) is 37.8 Å². The van der Waals surface area contributed by atoms with Crippen LogP contribution in [-0.2, 0) is 6.54 Å². The van der Waals surface area contributed by atoms with E-state index in [1.807, 2.05) is 0 Å². The smallest absolute Gasteiger partial charge is 0.304 e. The third-order valence-corrected chi connectivity index (χ3v) is 4.17. The van der Waals surface area contributed by atoms with E-state index >= 15 is 0 Å². The summed E-state index contributed by atoms with van der Waals surface area (Å²) in [5.41, 5.74) is 0.325. The molecule has 2 rings (SSSR count). The molecule has 0 spiro atoms. The monoisotopic (exact) mass is 295 g/mol. The zero-order chi connectivity index (χ0) is 15.4. The molecule has 1 N–H and O–H groups in total. The van der Waals surface area contributed by atoms with Crippen LogP contribution in [0.15, 0.2) is 18.2 Å². The molecule has 21 heavy (non-hydrogen) atoms. The van der Waals surface area contributed by atoms with Gasteiger partial charge in [-0.2, -0.15) is 4.39 Å². The van der Waals surface area contributed by atoms with E-state index in [0.717, 1.165) is 31.5 Å². The van der Waals surface area contributed by atoms with Crippen molar-refractivity contribution in [1.82, 2.24) is 10.2 Å². The van der Waals surface area contributed by atoms with E-state index in [0.29, 0.717) is 18.6 Å². The van der Waals surface area contributed by atoms with Gasteiger partial charge in [-0.3, -0.25) is 15.0 Å². The summed E-state index contributed by atoms with van der Waals surface area (Å²) >= 11 is 0. The molecule has 1 heterocycles. The Hall–Kier alpha value is -1.53. The van der Waals surface area contributed by atoms with Gasteiger partial charge < -0.3 is 5.32 Å². The van der Waals surface area contributed by atoms with Crippen LogP contribution in [0.2, 0.25) is 0 Å². The normalized spacial score (nSPS) is 23.2. The number of nitrogens with zero attached hydrogens (tertiary/aromatic N) is 2. The minimum absolute atomic E-state index is 0.422. The Morgan fingerprint density at radius 1 is 1.43 bits per heavy atom. The van der Waals surface area contributed by atoms with Gasteiger partial charge in [0.1, 0.15) is 0 Å². The zero-order valence-corrected chi connectivity index (χ0v) is 12.5. The number of nitrogens with one attached hydrogen (secondary N) is 1. The minimum atomic E-state index is -0.757. The van der Waals surface area contributed by atoms with Gasteiger partial charge in [-0.1, -0.05) is 19.9 Å². The molecule has 5 nitrogen and oxygen atoms in total. The molecule has 0 aliphatic carbocycles. The van der Waals surface area contributed by atoms with E-state index in [2.05, 4.69) is 24.1 Å². The molecule has 0 aromatic heterocycles. The van der Waals surface area contributed by atoms with Crippen LogP contribution in [-0.4, -0.2) is 35.0 Å². The van der Waals surface area contributed by atoms with Gasteiger partial charge in [-0.05, 0) is 24.5 Å². The van der Waals surface area contributed by atoms with Crippen LogP contribution in [0, 0.1) is 15.9 Å². The fourth-order valence-corrected chi connectivity index (χ4v) is 2.83. The number of benzene rings is 1. The summed E-state index contributed by atoms with van der Waals surface area (Å²) in [6.45, 7) is 6.78. The maximum absolute atomic E-state index is 13.7. The van der Waals surface area contributed by atoms with Crippen molar-refractivity contribution in [3.63, 3.8) is 0 Å². The lowest BCUT2D eigenvalue weighted by atomic mass is 10.0. The molecule has 1 fully saturated rings. The van der Waals surface area contributed by atoms with Gasteiger partial charge in [0.05, 0.1) is 4.92 Å². The highest BCUT2D eigenvalue weighted by Crippen LogP contribution is 2.21. The number of nitro groups is 1. The standard InChI is InChI=1S/C15H22FN3O2/c1-3-12-10-18(13(4-2)8-17-12)9-11-5-6-15(19(20)21)14(16)7-11/h5-7,12-13,17H,3-4,8-10H2,1-2H3. The van der Waals surface area contributed by atoms with Gasteiger partial charge >= 0.3 is 5.69 Å². The van der Waals surface area contributed by atoms with Crippen LogP contribution in [0.5, 0.6) is 0 Å². The first kappa shape index (κ1) is 15.9. The lowest BCUT2D eigenvalue weighted by molar-refractivity contribution is -0.387. The number of rotatable bonds is 5. The maximum atomic E-state index is 13.7. The summed E-state index contributed by atoms with van der Waals surface area (Å²) in [7, 11) is 0. The van der Waals surface area contributed by atoms with E-state index < -0.39 is 16.4 Å². The van der Waals surface area contributed by atoms with Gasteiger partial charge in [-0.25, -0.2) is 0 Å². The number of piperazine rings is 1. The van der Waals surface area contributed by atoms with Crippen LogP contribution in [0.4, 0.5) is 10.1 Å². The van der Waals surface area contributed by atoms with Crippen LogP contribution in [0.3, 0.4) is 0 Å². The Balaban J connectivity index is 2.11. The molecule has 6 heteroatoms. The van der Waals surface area contributed by atoms with Crippen molar-refractivity contribution < 1.29 is 9.31 Å². The van der Waals surface area contributed by atoms with Crippen molar-refractivity contribution >= 4 is 5.69 Å². The van der Waals surface area contributed by atoms with Gasteiger partial charge in [0.25, 0.3) is 0 Å². The molecule has 1 saturated heterocycles. The number of hydrogen-bond acceptors (Lipinski definition) is 4. The average molecular weight is 295 g/mol. The Morgan fingerprint density at radius 2 is 2.19 bits per heavy atom. The highest BCUT2D eigenvalue weighted by molar-refractivity contribution is 5.35. The second-order valence-electron chi connectivity index (χ2n) is 5.55. The quantitative estimate of drug-likeness (QED) is 0.670. The van der Waals surface area contributed by atoms with Crippen LogP contribution in [0.1, 0.15) is 32.3 Å². The van der Waals surface area contributed by atoms with Crippen molar-refractivity contribution in [3.05, 3.63) is 39.7 Å². The lowest BCUT2D eigenvalue weighted by Gasteiger charge is -2.40. The maximum Gasteiger partial charge on any atom is 0.304 e. The van der Waals surface area contributed by atoms with Crippen molar-refractivity contribution in [1.29, 1.82) is 0 Å². The molecule has 0 bridgehead atoms. The molecule has 1 aliphatic heterocycles. The predicted octanol–water partition coefficient (Wildman–Crippen LogP) is 2.70. The molecule has 2 atom stereocenters. The fourth-order valence-electron chi connectivity index (χ4n) is 2.83. The Morgan fingerprint density at radius 3 is 2.76 bits per heavy atom. The molecule has 2 unspecified atom stereocenters. The lowest BCUT2D eigenvalue weighted by Crippen LogP contribution is -2.55. The summed E-state index contributed by atoms with van der Waals surface area (Å²) in [5.74, 6) is -0.757. The van der Waals surface area contributed by atoms with Gasteiger partial charge in [0.15, 0.2) is 0 Å². The van der Waals surface area contributed by atoms with Crippen molar-refractivity contribution in [2.45, 2.75) is 45.3 Å². The average Bonchev–Trinajstić information content (AvgIpc) is 2.46. The summed E-state index contributed by atoms with van der Waals surface area (Å²) in [6.07, 6.45) is 2.08. The van der Waals surface area contributed by atoms with Crippen LogP contribution < -0.4 is 5.32 Å². The minimum Gasteiger partial charge on any atom is -0.311 e.